The Hall–Kier alpha value is -2.38. The van der Waals surface area contributed by atoms with Crippen LogP contribution >= 0.6 is 0 Å². The maximum Gasteiger partial charge on any atom is 0.140 e. The third kappa shape index (κ3) is 2.04. The van der Waals surface area contributed by atoms with E-state index < -0.39 is 6.10 Å². The molecule has 0 aliphatic heterocycles. The van der Waals surface area contributed by atoms with Crippen molar-refractivity contribution in [2.75, 3.05) is 0 Å². The number of aliphatic hydroxyl groups excluding tert-OH is 1. The van der Waals surface area contributed by atoms with Gasteiger partial charge in [0.2, 0.25) is 0 Å². The van der Waals surface area contributed by atoms with E-state index in [4.69, 9.17) is 9.78 Å². The Morgan fingerprint density at radius 3 is 2.72 bits per heavy atom. The lowest BCUT2D eigenvalue weighted by molar-refractivity contribution is 0.219. The Kier molecular flexibility index (Phi) is 3.26. The van der Waals surface area contributed by atoms with Crippen molar-refractivity contribution in [1.82, 2.24) is 5.16 Å². The van der Waals surface area contributed by atoms with Gasteiger partial charge >= 0.3 is 0 Å². The van der Waals surface area contributed by atoms with Crippen molar-refractivity contribution in [2.24, 2.45) is 0 Å². The molecule has 0 aliphatic carbocycles. The first kappa shape index (κ1) is 12.1. The summed E-state index contributed by atoms with van der Waals surface area (Å²) in [6, 6.07) is 11.2. The van der Waals surface area contributed by atoms with E-state index in [0.717, 1.165) is 5.56 Å². The Morgan fingerprint density at radius 1 is 1.44 bits per heavy atom. The van der Waals surface area contributed by atoms with Crippen LogP contribution in [0.4, 0.5) is 0 Å². The maximum absolute atomic E-state index is 10.1. The molecule has 2 aromatic rings. The van der Waals surface area contributed by atoms with Gasteiger partial charge in [0.05, 0.1) is 17.2 Å². The summed E-state index contributed by atoms with van der Waals surface area (Å²) in [6.07, 6.45) is -1.09. The molecule has 4 heteroatoms. The van der Waals surface area contributed by atoms with E-state index in [1.807, 2.05) is 36.4 Å². The van der Waals surface area contributed by atoms with Crippen molar-refractivity contribution in [2.45, 2.75) is 13.0 Å². The lowest BCUT2D eigenvalue weighted by Gasteiger charge is -2.08. The van der Waals surface area contributed by atoms with Gasteiger partial charge in [-0.1, -0.05) is 42.1 Å². The van der Waals surface area contributed by atoms with E-state index in [1.54, 1.807) is 6.92 Å². The molecule has 0 radical (unpaired) electrons. The molecule has 0 spiro atoms. The molecule has 1 heterocycles. The van der Waals surface area contributed by atoms with Gasteiger partial charge in [-0.15, -0.1) is 0 Å². The van der Waals surface area contributed by atoms with Crippen LogP contribution in [-0.4, -0.2) is 10.3 Å². The van der Waals surface area contributed by atoms with Crippen molar-refractivity contribution in [3.63, 3.8) is 0 Å². The van der Waals surface area contributed by atoms with Crippen molar-refractivity contribution in [1.29, 1.82) is 5.26 Å². The predicted molar refractivity (Wildman–Crippen MR) is 66.4 cm³/mol. The molecule has 0 amide bonds. The highest BCUT2D eigenvalue weighted by Crippen LogP contribution is 2.32. The minimum absolute atomic E-state index is 0.0680. The molecular formula is C14H12N2O2. The first-order valence-electron chi connectivity index (χ1n) is 5.43. The van der Waals surface area contributed by atoms with Crippen LogP contribution in [0, 0.1) is 18.3 Å². The van der Waals surface area contributed by atoms with E-state index in [0.29, 0.717) is 17.0 Å². The highest BCUT2D eigenvalue weighted by Gasteiger charge is 2.23. The molecule has 0 bridgehead atoms. The summed E-state index contributed by atoms with van der Waals surface area (Å²) in [5.41, 5.74) is 1.93. The molecule has 18 heavy (non-hydrogen) atoms. The third-order valence-corrected chi connectivity index (χ3v) is 2.70. The maximum atomic E-state index is 10.1. The van der Waals surface area contributed by atoms with Gasteiger partial charge in [-0.2, -0.15) is 5.26 Å². The van der Waals surface area contributed by atoms with Crippen LogP contribution in [0.25, 0.3) is 11.3 Å². The van der Waals surface area contributed by atoms with Crippen molar-refractivity contribution in [3.8, 4) is 17.3 Å². The number of aryl methyl sites for hydroxylation is 1. The zero-order valence-electron chi connectivity index (χ0n) is 9.92. The molecule has 4 nitrogen and oxygen atoms in total. The summed E-state index contributed by atoms with van der Waals surface area (Å²) in [5, 5.41) is 22.8. The summed E-state index contributed by atoms with van der Waals surface area (Å²) in [4.78, 5) is 0. The molecule has 2 rings (SSSR count). The van der Waals surface area contributed by atoms with Gasteiger partial charge in [-0.3, -0.25) is 0 Å². The summed E-state index contributed by atoms with van der Waals surface area (Å²) in [5.74, 6) is 0.484. The van der Waals surface area contributed by atoms with Gasteiger partial charge in [0.25, 0.3) is 0 Å². The number of aromatic nitrogens is 1. The molecule has 0 aliphatic rings. The third-order valence-electron chi connectivity index (χ3n) is 2.70. The molecular weight excluding hydrogens is 228 g/mol. The fraction of sp³-hybridized carbons (Fsp3) is 0.143. The van der Waals surface area contributed by atoms with E-state index in [2.05, 4.69) is 11.7 Å². The zero-order chi connectivity index (χ0) is 13.1. The van der Waals surface area contributed by atoms with E-state index >= 15 is 0 Å². The quantitative estimate of drug-likeness (QED) is 0.837. The number of rotatable bonds is 3. The van der Waals surface area contributed by atoms with E-state index in [-0.39, 0.29) is 5.57 Å². The monoisotopic (exact) mass is 240 g/mol. The Morgan fingerprint density at radius 2 is 2.11 bits per heavy atom. The average Bonchev–Trinajstić information content (AvgIpc) is 2.80. The summed E-state index contributed by atoms with van der Waals surface area (Å²) in [6.45, 7) is 5.22. The lowest BCUT2D eigenvalue weighted by Crippen LogP contribution is -2.01. The van der Waals surface area contributed by atoms with E-state index in [9.17, 15) is 5.11 Å². The second-order valence-corrected chi connectivity index (χ2v) is 3.91. The highest BCUT2D eigenvalue weighted by atomic mass is 16.5. The van der Waals surface area contributed by atoms with Crippen LogP contribution in [0.5, 0.6) is 0 Å². The Labute approximate surface area is 105 Å². The van der Waals surface area contributed by atoms with Crippen LogP contribution in [0.2, 0.25) is 0 Å². The molecule has 1 atom stereocenters. The number of hydrogen-bond donors (Lipinski definition) is 1. The van der Waals surface area contributed by atoms with Crippen molar-refractivity contribution in [3.05, 3.63) is 53.8 Å². The van der Waals surface area contributed by atoms with Crippen LogP contribution in [0.15, 0.2) is 47.0 Å². The van der Waals surface area contributed by atoms with Crippen molar-refractivity contribution >= 4 is 0 Å². The summed E-state index contributed by atoms with van der Waals surface area (Å²) >= 11 is 0. The highest BCUT2D eigenvalue weighted by molar-refractivity contribution is 5.64. The van der Waals surface area contributed by atoms with E-state index in [1.165, 1.54) is 0 Å². The van der Waals surface area contributed by atoms with Gasteiger partial charge in [0.1, 0.15) is 17.6 Å². The van der Waals surface area contributed by atoms with Gasteiger partial charge in [-0.25, -0.2) is 0 Å². The number of nitrogens with zero attached hydrogens (tertiary/aromatic N) is 2. The van der Waals surface area contributed by atoms with Gasteiger partial charge < -0.3 is 9.63 Å². The van der Waals surface area contributed by atoms with Crippen LogP contribution in [-0.2, 0) is 0 Å². The first-order chi connectivity index (χ1) is 8.65. The standard InChI is InChI=1S/C14H12N2O2/c1-9(8-15)14(17)12-10(2)18-16-13(12)11-6-4-3-5-7-11/h3-7,14,17H,1H2,2H3. The predicted octanol–water partition coefficient (Wildman–Crippen LogP) is 2.76. The molecule has 1 unspecified atom stereocenters. The number of aliphatic hydroxyl groups is 1. The van der Waals surface area contributed by atoms with Gasteiger partial charge in [0.15, 0.2) is 0 Å². The number of nitriles is 1. The van der Waals surface area contributed by atoms with Crippen LogP contribution in [0.1, 0.15) is 17.4 Å². The average molecular weight is 240 g/mol. The largest absolute Gasteiger partial charge is 0.383 e. The molecule has 1 aromatic carbocycles. The second kappa shape index (κ2) is 4.86. The second-order valence-electron chi connectivity index (χ2n) is 3.91. The minimum atomic E-state index is -1.09. The summed E-state index contributed by atoms with van der Waals surface area (Å²) < 4.78 is 5.11. The smallest absolute Gasteiger partial charge is 0.140 e. The fourth-order valence-corrected chi connectivity index (χ4v) is 1.74. The molecule has 90 valence electrons. The zero-order valence-corrected chi connectivity index (χ0v) is 9.92. The Bertz CT molecular complexity index is 608. The van der Waals surface area contributed by atoms with Crippen LogP contribution < -0.4 is 0 Å². The summed E-state index contributed by atoms with van der Waals surface area (Å²) in [7, 11) is 0. The first-order valence-corrected chi connectivity index (χ1v) is 5.43. The van der Waals surface area contributed by atoms with Crippen molar-refractivity contribution < 1.29 is 9.63 Å². The number of hydrogen-bond acceptors (Lipinski definition) is 4. The minimum Gasteiger partial charge on any atom is -0.383 e. The molecule has 0 saturated carbocycles. The van der Waals surface area contributed by atoms with Crippen LogP contribution in [0.3, 0.4) is 0 Å². The number of benzene rings is 1. The lowest BCUT2D eigenvalue weighted by atomic mass is 9.98. The fourth-order valence-electron chi connectivity index (χ4n) is 1.74. The normalized spacial score (nSPS) is 11.8. The SMILES string of the molecule is C=C(C#N)C(O)c1c(-c2ccccc2)noc1C. The topological polar surface area (TPSA) is 70.0 Å². The van der Waals surface area contributed by atoms with Gasteiger partial charge in [0, 0.05) is 5.56 Å². The molecule has 1 aromatic heterocycles. The molecule has 0 fully saturated rings. The molecule has 1 N–H and O–H groups in total. The van der Waals surface area contributed by atoms with Gasteiger partial charge in [-0.05, 0) is 6.92 Å². The molecule has 0 saturated heterocycles. The Balaban J connectivity index is 2.53.